The zero-order valence-corrected chi connectivity index (χ0v) is 13.8. The van der Waals surface area contributed by atoms with E-state index in [2.05, 4.69) is 15.0 Å². The van der Waals surface area contributed by atoms with Crippen molar-refractivity contribution in [1.82, 2.24) is 15.0 Å². The van der Waals surface area contributed by atoms with Gasteiger partial charge in [0.15, 0.2) is 5.82 Å². The Kier molecular flexibility index (Phi) is 5.07. The van der Waals surface area contributed by atoms with Crippen LogP contribution in [0.15, 0.2) is 30.5 Å². The van der Waals surface area contributed by atoms with Crippen molar-refractivity contribution >= 4 is 15.7 Å². The van der Waals surface area contributed by atoms with Gasteiger partial charge in [-0.05, 0) is 18.6 Å². The zero-order chi connectivity index (χ0) is 16.2. The summed E-state index contributed by atoms with van der Waals surface area (Å²) in [6, 6.07) is 7.47. The molecule has 2 aromatic heterocycles. The van der Waals surface area contributed by atoms with Crippen LogP contribution in [0.1, 0.15) is 12.6 Å². The predicted octanol–water partition coefficient (Wildman–Crippen LogP) is 1.58. The Morgan fingerprint density at radius 3 is 2.59 bits per heavy atom. The van der Waals surface area contributed by atoms with Gasteiger partial charge >= 0.3 is 0 Å². The summed E-state index contributed by atoms with van der Waals surface area (Å²) in [5.41, 5.74) is 1.60. The molecule has 2 heterocycles. The van der Waals surface area contributed by atoms with Gasteiger partial charge in [-0.25, -0.2) is 18.4 Å². The molecule has 0 radical (unpaired) electrons. The topological polar surface area (TPSA) is 76.1 Å². The minimum Gasteiger partial charge on any atom is -0.359 e. The number of sulfone groups is 1. The van der Waals surface area contributed by atoms with Crippen LogP contribution in [0.25, 0.3) is 11.5 Å². The first-order valence-corrected chi connectivity index (χ1v) is 9.13. The van der Waals surface area contributed by atoms with Gasteiger partial charge in [-0.3, -0.25) is 4.98 Å². The molecule has 0 bridgehead atoms. The highest BCUT2D eigenvalue weighted by Gasteiger charge is 2.12. The van der Waals surface area contributed by atoms with E-state index in [0.717, 1.165) is 12.1 Å². The van der Waals surface area contributed by atoms with Crippen molar-refractivity contribution in [1.29, 1.82) is 0 Å². The molecule has 0 saturated heterocycles. The molecule has 0 aliphatic rings. The molecule has 2 aromatic rings. The van der Waals surface area contributed by atoms with E-state index in [1.54, 1.807) is 6.20 Å². The summed E-state index contributed by atoms with van der Waals surface area (Å²) in [5, 5.41) is 0. The number of pyridine rings is 1. The van der Waals surface area contributed by atoms with E-state index in [9.17, 15) is 8.42 Å². The van der Waals surface area contributed by atoms with Crippen LogP contribution in [-0.4, -0.2) is 49.0 Å². The minimum absolute atomic E-state index is 0.0912. The molecule has 2 rings (SSSR count). The van der Waals surface area contributed by atoms with Gasteiger partial charge in [0.25, 0.3) is 0 Å². The molecule has 0 aliphatic carbocycles. The number of hydrogen-bond donors (Lipinski definition) is 0. The fourth-order valence-corrected chi connectivity index (χ4v) is 2.49. The molecule has 6 nitrogen and oxygen atoms in total. The van der Waals surface area contributed by atoms with Crippen LogP contribution in [0.4, 0.5) is 5.82 Å². The summed E-state index contributed by atoms with van der Waals surface area (Å²) in [6.45, 7) is 2.41. The van der Waals surface area contributed by atoms with Gasteiger partial charge in [-0.1, -0.05) is 13.0 Å². The SMILES string of the molecule is CCc1cc(N(C)CCS(C)(=O)=O)nc(-c2ccccn2)n1. The van der Waals surface area contributed by atoms with Gasteiger partial charge in [0.05, 0.1) is 5.75 Å². The summed E-state index contributed by atoms with van der Waals surface area (Å²) >= 11 is 0. The molecule has 22 heavy (non-hydrogen) atoms. The third-order valence-corrected chi connectivity index (χ3v) is 4.13. The molecular formula is C15H20N4O2S. The number of anilines is 1. The maximum atomic E-state index is 11.3. The van der Waals surface area contributed by atoms with Crippen LogP contribution in [0.2, 0.25) is 0 Å². The molecule has 7 heteroatoms. The van der Waals surface area contributed by atoms with E-state index in [-0.39, 0.29) is 5.75 Å². The van der Waals surface area contributed by atoms with Crippen molar-refractivity contribution in [2.75, 3.05) is 30.5 Å². The fourth-order valence-electron chi connectivity index (χ4n) is 1.89. The average Bonchev–Trinajstić information content (AvgIpc) is 2.52. The first kappa shape index (κ1) is 16.4. The Morgan fingerprint density at radius 1 is 1.23 bits per heavy atom. The van der Waals surface area contributed by atoms with Gasteiger partial charge in [0, 0.05) is 37.8 Å². The first-order valence-electron chi connectivity index (χ1n) is 7.07. The number of aryl methyl sites for hydroxylation is 1. The summed E-state index contributed by atoms with van der Waals surface area (Å²) < 4.78 is 22.6. The van der Waals surface area contributed by atoms with Gasteiger partial charge in [-0.2, -0.15) is 0 Å². The molecule has 0 atom stereocenters. The molecule has 0 aliphatic heterocycles. The van der Waals surface area contributed by atoms with Crippen LogP contribution >= 0.6 is 0 Å². The lowest BCUT2D eigenvalue weighted by atomic mass is 10.2. The molecule has 0 spiro atoms. The summed E-state index contributed by atoms with van der Waals surface area (Å²) in [4.78, 5) is 15.1. The van der Waals surface area contributed by atoms with Crippen molar-refractivity contribution in [2.24, 2.45) is 0 Å². The normalized spacial score (nSPS) is 11.4. The van der Waals surface area contributed by atoms with Crippen molar-refractivity contribution in [3.8, 4) is 11.5 Å². The Balaban J connectivity index is 2.31. The summed E-state index contributed by atoms with van der Waals surface area (Å²) in [7, 11) is -1.17. The van der Waals surface area contributed by atoms with Crippen LogP contribution in [-0.2, 0) is 16.3 Å². The summed E-state index contributed by atoms with van der Waals surface area (Å²) in [6.07, 6.45) is 3.71. The average molecular weight is 320 g/mol. The molecule has 0 fully saturated rings. The lowest BCUT2D eigenvalue weighted by Crippen LogP contribution is -2.26. The molecule has 0 N–H and O–H groups in total. The number of aromatic nitrogens is 3. The molecule has 0 aromatic carbocycles. The molecule has 0 unspecified atom stereocenters. The van der Waals surface area contributed by atoms with Crippen molar-refractivity contribution in [3.05, 3.63) is 36.2 Å². The highest BCUT2D eigenvalue weighted by Crippen LogP contribution is 2.18. The van der Waals surface area contributed by atoms with Gasteiger partial charge < -0.3 is 4.90 Å². The van der Waals surface area contributed by atoms with E-state index in [1.807, 2.05) is 43.1 Å². The van der Waals surface area contributed by atoms with Gasteiger partial charge in [0.2, 0.25) is 0 Å². The predicted molar refractivity (Wildman–Crippen MR) is 87.6 cm³/mol. The standard InChI is InChI=1S/C15H20N4O2S/c1-4-12-11-14(19(2)9-10-22(3,20)21)18-15(17-12)13-7-5-6-8-16-13/h5-8,11H,4,9-10H2,1-3H3. The Labute approximate surface area is 131 Å². The Bertz CT molecular complexity index is 732. The second-order valence-corrected chi connectivity index (χ2v) is 7.42. The Morgan fingerprint density at radius 2 is 2.00 bits per heavy atom. The smallest absolute Gasteiger partial charge is 0.180 e. The van der Waals surface area contributed by atoms with Crippen molar-refractivity contribution in [2.45, 2.75) is 13.3 Å². The number of rotatable bonds is 6. The number of nitrogens with zero attached hydrogens (tertiary/aromatic N) is 4. The molecule has 0 saturated carbocycles. The third kappa shape index (κ3) is 4.49. The monoisotopic (exact) mass is 320 g/mol. The molecule has 118 valence electrons. The first-order chi connectivity index (χ1) is 10.4. The van der Waals surface area contributed by atoms with Gasteiger partial charge in [0.1, 0.15) is 21.3 Å². The largest absolute Gasteiger partial charge is 0.359 e. The van der Waals surface area contributed by atoms with E-state index in [0.29, 0.717) is 23.9 Å². The lowest BCUT2D eigenvalue weighted by molar-refractivity contribution is 0.601. The Hall–Kier alpha value is -2.02. The second kappa shape index (κ2) is 6.83. The second-order valence-electron chi connectivity index (χ2n) is 5.16. The van der Waals surface area contributed by atoms with E-state index >= 15 is 0 Å². The molecule has 0 amide bonds. The number of hydrogen-bond acceptors (Lipinski definition) is 6. The zero-order valence-electron chi connectivity index (χ0n) is 13.0. The van der Waals surface area contributed by atoms with Crippen LogP contribution in [0.3, 0.4) is 0 Å². The van der Waals surface area contributed by atoms with Crippen LogP contribution in [0, 0.1) is 0 Å². The van der Waals surface area contributed by atoms with Crippen LogP contribution < -0.4 is 4.90 Å². The minimum atomic E-state index is -3.00. The fraction of sp³-hybridized carbons (Fsp3) is 0.400. The highest BCUT2D eigenvalue weighted by molar-refractivity contribution is 7.90. The third-order valence-electron chi connectivity index (χ3n) is 3.21. The van der Waals surface area contributed by atoms with Crippen LogP contribution in [0.5, 0.6) is 0 Å². The van der Waals surface area contributed by atoms with E-state index in [1.165, 1.54) is 6.26 Å². The van der Waals surface area contributed by atoms with E-state index < -0.39 is 9.84 Å². The maximum absolute atomic E-state index is 11.3. The lowest BCUT2D eigenvalue weighted by Gasteiger charge is -2.19. The quantitative estimate of drug-likeness (QED) is 0.804. The van der Waals surface area contributed by atoms with Crippen molar-refractivity contribution in [3.63, 3.8) is 0 Å². The van der Waals surface area contributed by atoms with Crippen molar-refractivity contribution < 1.29 is 8.42 Å². The molecular weight excluding hydrogens is 300 g/mol. The maximum Gasteiger partial charge on any atom is 0.180 e. The summed E-state index contributed by atoms with van der Waals surface area (Å²) in [5.74, 6) is 1.35. The highest BCUT2D eigenvalue weighted by atomic mass is 32.2. The van der Waals surface area contributed by atoms with E-state index in [4.69, 9.17) is 0 Å². The van der Waals surface area contributed by atoms with Gasteiger partial charge in [-0.15, -0.1) is 0 Å².